The molecule has 1 fully saturated rings. The minimum atomic E-state index is -1.01. The molecule has 4 aromatic rings. The van der Waals surface area contributed by atoms with Crippen LogP contribution in [0.2, 0.25) is 5.02 Å². The molecule has 3 aromatic carbocycles. The van der Waals surface area contributed by atoms with E-state index < -0.39 is 17.7 Å². The quantitative estimate of drug-likeness (QED) is 0.186. The van der Waals surface area contributed by atoms with Gasteiger partial charge in [-0.15, -0.1) is 0 Å². The van der Waals surface area contributed by atoms with E-state index in [4.69, 9.17) is 26.1 Å². The van der Waals surface area contributed by atoms with Crippen molar-refractivity contribution in [1.82, 2.24) is 4.98 Å². The zero-order chi connectivity index (χ0) is 26.4. The third-order valence-corrected chi connectivity index (χ3v) is 7.57. The van der Waals surface area contributed by atoms with Crippen molar-refractivity contribution >= 4 is 55.7 Å². The highest BCUT2D eigenvalue weighted by Gasteiger charge is 2.49. The molecule has 0 saturated carbocycles. The highest BCUT2D eigenvalue weighted by molar-refractivity contribution is 7.22. The molecular formula is C28H23ClN2O5S. The molecule has 0 unspecified atom stereocenters. The Morgan fingerprint density at radius 1 is 1.03 bits per heavy atom. The van der Waals surface area contributed by atoms with Crippen LogP contribution in [0.15, 0.2) is 60.2 Å². The second-order valence-corrected chi connectivity index (χ2v) is 10.2. The van der Waals surface area contributed by atoms with Gasteiger partial charge in [-0.25, -0.2) is 4.98 Å². The normalized spacial score (nSPS) is 17.0. The van der Waals surface area contributed by atoms with Crippen molar-refractivity contribution < 1.29 is 24.2 Å². The number of hydrogen-bond acceptors (Lipinski definition) is 7. The van der Waals surface area contributed by atoms with Crippen molar-refractivity contribution in [3.63, 3.8) is 0 Å². The Kier molecular flexibility index (Phi) is 6.39. The third kappa shape index (κ3) is 4.22. The van der Waals surface area contributed by atoms with Crippen LogP contribution in [-0.4, -0.2) is 36.0 Å². The van der Waals surface area contributed by atoms with Crippen LogP contribution in [0.25, 0.3) is 16.0 Å². The Balaban J connectivity index is 1.80. The zero-order valence-corrected chi connectivity index (χ0v) is 22.1. The molecule has 0 aliphatic carbocycles. The number of carbonyl (C=O) groups excluding carboxylic acids is 2. The maximum atomic E-state index is 13.6. The van der Waals surface area contributed by atoms with Gasteiger partial charge in [0.2, 0.25) is 0 Å². The molecule has 0 bridgehead atoms. The third-order valence-electron chi connectivity index (χ3n) is 6.32. The fourth-order valence-corrected chi connectivity index (χ4v) is 5.90. The molecule has 5 rings (SSSR count). The van der Waals surface area contributed by atoms with Crippen LogP contribution in [0.1, 0.15) is 28.3 Å². The van der Waals surface area contributed by atoms with Gasteiger partial charge in [0, 0.05) is 16.1 Å². The largest absolute Gasteiger partial charge is 0.507 e. The number of hydrogen-bond donors (Lipinski definition) is 1. The molecule has 1 aliphatic rings. The van der Waals surface area contributed by atoms with E-state index in [1.807, 2.05) is 26.0 Å². The Morgan fingerprint density at radius 3 is 2.43 bits per heavy atom. The van der Waals surface area contributed by atoms with Crippen LogP contribution in [0.5, 0.6) is 11.5 Å². The number of amides is 1. The molecule has 37 heavy (non-hydrogen) atoms. The summed E-state index contributed by atoms with van der Waals surface area (Å²) in [5.74, 6) is -1.01. The van der Waals surface area contributed by atoms with Crippen LogP contribution in [0.3, 0.4) is 0 Å². The lowest BCUT2D eigenvalue weighted by Crippen LogP contribution is -2.29. The lowest BCUT2D eigenvalue weighted by atomic mass is 9.94. The number of carbonyl (C=O) groups is 2. The predicted octanol–water partition coefficient (Wildman–Crippen LogP) is 6.21. The molecule has 1 atom stereocenters. The number of fused-ring (bicyclic) bond motifs is 1. The van der Waals surface area contributed by atoms with Crippen LogP contribution in [0, 0.1) is 13.8 Å². The maximum absolute atomic E-state index is 13.6. The summed E-state index contributed by atoms with van der Waals surface area (Å²) < 4.78 is 11.9. The summed E-state index contributed by atoms with van der Waals surface area (Å²) in [6.45, 7) is 3.95. The molecule has 1 saturated heterocycles. The summed E-state index contributed by atoms with van der Waals surface area (Å²) >= 11 is 7.34. The number of ketones is 1. The van der Waals surface area contributed by atoms with Gasteiger partial charge in [0.15, 0.2) is 5.13 Å². The van der Waals surface area contributed by atoms with Gasteiger partial charge in [0.05, 0.1) is 30.0 Å². The number of halogens is 1. The van der Waals surface area contributed by atoms with E-state index in [0.717, 1.165) is 21.3 Å². The summed E-state index contributed by atoms with van der Waals surface area (Å²) in [7, 11) is 3.02. The number of benzene rings is 3. The Morgan fingerprint density at radius 2 is 1.76 bits per heavy atom. The summed E-state index contributed by atoms with van der Waals surface area (Å²) in [6, 6.07) is 14.5. The van der Waals surface area contributed by atoms with Gasteiger partial charge >= 0.3 is 5.91 Å². The highest BCUT2D eigenvalue weighted by atomic mass is 35.5. The first-order chi connectivity index (χ1) is 17.7. The Labute approximate surface area is 222 Å². The van der Waals surface area contributed by atoms with Crippen LogP contribution in [-0.2, 0) is 9.59 Å². The number of Topliss-reactive ketones (excluding diaryl/α,β-unsaturated/α-hetero) is 1. The molecule has 7 nitrogen and oxygen atoms in total. The van der Waals surface area contributed by atoms with E-state index in [9.17, 15) is 14.7 Å². The van der Waals surface area contributed by atoms with E-state index in [-0.39, 0.29) is 11.3 Å². The van der Waals surface area contributed by atoms with E-state index in [1.165, 1.54) is 30.5 Å². The summed E-state index contributed by atoms with van der Waals surface area (Å²) in [6.07, 6.45) is 0. The maximum Gasteiger partial charge on any atom is 0.301 e. The van der Waals surface area contributed by atoms with Crippen LogP contribution >= 0.6 is 22.9 Å². The second-order valence-electron chi connectivity index (χ2n) is 8.71. The van der Waals surface area contributed by atoms with Crippen molar-refractivity contribution in [3.05, 3.63) is 87.4 Å². The molecule has 2 heterocycles. The molecule has 1 N–H and O–H groups in total. The average Bonchev–Trinajstić information content (AvgIpc) is 3.42. The van der Waals surface area contributed by atoms with Crippen molar-refractivity contribution in [2.45, 2.75) is 19.9 Å². The predicted molar refractivity (Wildman–Crippen MR) is 145 cm³/mol. The van der Waals surface area contributed by atoms with Gasteiger partial charge in [0.1, 0.15) is 23.3 Å². The van der Waals surface area contributed by atoms with E-state index in [0.29, 0.717) is 32.8 Å². The lowest BCUT2D eigenvalue weighted by Gasteiger charge is -2.25. The molecular weight excluding hydrogens is 512 g/mol. The molecule has 9 heteroatoms. The van der Waals surface area contributed by atoms with E-state index in [1.54, 1.807) is 42.5 Å². The first-order valence-electron chi connectivity index (χ1n) is 11.4. The number of nitrogens with zero attached hydrogens (tertiary/aromatic N) is 2. The smallest absolute Gasteiger partial charge is 0.301 e. The zero-order valence-electron chi connectivity index (χ0n) is 20.5. The minimum Gasteiger partial charge on any atom is -0.507 e. The van der Waals surface area contributed by atoms with Crippen molar-refractivity contribution in [3.8, 4) is 11.5 Å². The monoisotopic (exact) mass is 534 g/mol. The van der Waals surface area contributed by atoms with Gasteiger partial charge in [-0.1, -0.05) is 29.0 Å². The number of aliphatic hydroxyl groups excluding tert-OH is 1. The number of methoxy groups -OCH3 is 2. The van der Waals surface area contributed by atoms with Gasteiger partial charge in [-0.2, -0.15) is 0 Å². The number of anilines is 1. The van der Waals surface area contributed by atoms with E-state index in [2.05, 4.69) is 0 Å². The number of aliphatic hydroxyl groups is 1. The van der Waals surface area contributed by atoms with Gasteiger partial charge < -0.3 is 14.6 Å². The second kappa shape index (κ2) is 9.53. The number of ether oxygens (including phenoxy) is 2. The summed E-state index contributed by atoms with van der Waals surface area (Å²) in [4.78, 5) is 33.2. The Bertz CT molecular complexity index is 1590. The number of aromatic nitrogens is 1. The molecule has 1 aliphatic heterocycles. The first-order valence-corrected chi connectivity index (χ1v) is 12.6. The minimum absolute atomic E-state index is 0.0777. The Hall–Kier alpha value is -3.88. The van der Waals surface area contributed by atoms with Crippen LogP contribution < -0.4 is 14.4 Å². The van der Waals surface area contributed by atoms with Crippen LogP contribution in [0.4, 0.5) is 5.13 Å². The first kappa shape index (κ1) is 24.8. The number of thiazole rings is 1. The molecule has 0 spiro atoms. The topological polar surface area (TPSA) is 89.0 Å². The molecule has 1 amide bonds. The fraction of sp³-hybridized carbons (Fsp3) is 0.179. The molecule has 1 aromatic heterocycles. The van der Waals surface area contributed by atoms with Gasteiger partial charge in [0.25, 0.3) is 5.78 Å². The number of aryl methyl sites for hydroxylation is 2. The summed E-state index contributed by atoms with van der Waals surface area (Å²) in [5, 5.41) is 12.2. The van der Waals surface area contributed by atoms with Crippen molar-refractivity contribution in [2.75, 3.05) is 19.1 Å². The number of rotatable bonds is 5. The fourth-order valence-electron chi connectivity index (χ4n) is 4.60. The summed E-state index contributed by atoms with van der Waals surface area (Å²) in [5.41, 5.74) is 3.53. The van der Waals surface area contributed by atoms with E-state index >= 15 is 0 Å². The van der Waals surface area contributed by atoms with Crippen molar-refractivity contribution in [2.24, 2.45) is 0 Å². The molecule has 0 radical (unpaired) electrons. The lowest BCUT2D eigenvalue weighted by molar-refractivity contribution is -0.132. The average molecular weight is 535 g/mol. The van der Waals surface area contributed by atoms with Gasteiger partial charge in [-0.05, 0) is 73.5 Å². The van der Waals surface area contributed by atoms with Crippen molar-refractivity contribution in [1.29, 1.82) is 0 Å². The highest BCUT2D eigenvalue weighted by Crippen LogP contribution is 2.47. The standard InChI is InChI=1S/C28H23ClN2O5S/c1-14-11-15(2)23-21(12-14)37-28(30-23)31-24(19-13-18(35-3)9-10-20(19)36-4)22(26(33)27(31)34)25(32)16-5-7-17(29)8-6-16/h5-13,24,32H,1-4H3/b25-22+/t24-/m1/s1. The SMILES string of the molecule is COc1ccc(OC)c([C@@H]2/C(=C(\O)c3ccc(Cl)cc3)C(=O)C(=O)N2c2nc3c(C)cc(C)cc3s2)c1. The molecule has 188 valence electrons. The van der Waals surface area contributed by atoms with Gasteiger partial charge in [-0.3, -0.25) is 14.5 Å².